The minimum absolute atomic E-state index is 0.101. The molecule has 8 rings (SSSR count). The number of aromatic nitrogens is 3. The summed E-state index contributed by atoms with van der Waals surface area (Å²) in [5, 5.41) is 0. The minimum atomic E-state index is -4.55. The van der Waals surface area contributed by atoms with Crippen molar-refractivity contribution >= 4 is 5.82 Å². The van der Waals surface area contributed by atoms with Gasteiger partial charge in [0.2, 0.25) is 0 Å². The number of nitrogens with two attached hydrogens (primary N) is 1. The number of fused-ring (bicyclic) bond motifs is 1. The van der Waals surface area contributed by atoms with Gasteiger partial charge in [-0.15, -0.1) is 0 Å². The molecule has 10 heteroatoms. The second-order valence-corrected chi connectivity index (χ2v) is 11.1. The number of halogens is 4. The van der Waals surface area contributed by atoms with Crippen LogP contribution < -0.4 is 5.73 Å². The van der Waals surface area contributed by atoms with Crippen molar-refractivity contribution in [3.8, 4) is 11.3 Å². The fourth-order valence-corrected chi connectivity index (χ4v) is 7.39. The van der Waals surface area contributed by atoms with Gasteiger partial charge in [0.15, 0.2) is 0 Å². The van der Waals surface area contributed by atoms with E-state index < -0.39 is 17.6 Å². The molecule has 1 aliphatic heterocycles. The van der Waals surface area contributed by atoms with Crippen LogP contribution in [0.25, 0.3) is 11.3 Å². The number of alkyl halides is 4. The van der Waals surface area contributed by atoms with E-state index in [-0.39, 0.29) is 12.2 Å². The summed E-state index contributed by atoms with van der Waals surface area (Å²) in [6.07, 6.45) is 3.29. The lowest BCUT2D eigenvalue weighted by Crippen LogP contribution is -2.50. The highest BCUT2D eigenvalue weighted by atomic mass is 19.4. The van der Waals surface area contributed by atoms with E-state index in [0.29, 0.717) is 47.5 Å². The molecule has 6 fully saturated rings. The van der Waals surface area contributed by atoms with Crippen LogP contribution in [0, 0.1) is 23.7 Å². The van der Waals surface area contributed by atoms with Crippen molar-refractivity contribution in [2.45, 2.75) is 43.4 Å². The van der Waals surface area contributed by atoms with Crippen LogP contribution in [0.4, 0.5) is 23.4 Å². The summed E-state index contributed by atoms with van der Waals surface area (Å²) in [4.78, 5) is 13.5. The Bertz CT molecular complexity index is 1150. The summed E-state index contributed by atoms with van der Waals surface area (Å²) >= 11 is 0. The van der Waals surface area contributed by atoms with Crippen LogP contribution in [0.5, 0.6) is 0 Å². The first-order chi connectivity index (χ1) is 16.8. The van der Waals surface area contributed by atoms with Gasteiger partial charge in [-0.1, -0.05) is 0 Å². The Hall–Kier alpha value is -2.20. The van der Waals surface area contributed by atoms with Crippen LogP contribution >= 0.6 is 0 Å². The predicted molar refractivity (Wildman–Crippen MR) is 122 cm³/mol. The second kappa shape index (κ2) is 7.41. The molecule has 5 atom stereocenters. The summed E-state index contributed by atoms with van der Waals surface area (Å²) in [6.45, 7) is 4.04. The molecule has 6 nitrogen and oxygen atoms in total. The molecule has 0 spiro atoms. The zero-order chi connectivity index (χ0) is 24.1. The van der Waals surface area contributed by atoms with Crippen LogP contribution in [-0.4, -0.2) is 69.8 Å². The van der Waals surface area contributed by atoms with Crippen molar-refractivity contribution in [3.05, 3.63) is 29.8 Å². The third-order valence-corrected chi connectivity index (χ3v) is 9.33. The minimum Gasteiger partial charge on any atom is -0.383 e. The molecule has 2 bridgehead atoms. The maximum Gasteiger partial charge on any atom is 0.419 e. The Labute approximate surface area is 201 Å². The Balaban J connectivity index is 1.16. The molecular formula is C25H30F4N6. The Morgan fingerprint density at radius 1 is 1.11 bits per heavy atom. The Kier molecular flexibility index (Phi) is 4.67. The highest BCUT2D eigenvalue weighted by molar-refractivity contribution is 5.63. The standard InChI is InChI=1S/C25H30F4N6/c26-3-4-33-5-7-34(8-6-33)19-11-16-21-22(19)24(16,21)35-13-18(32-20(35)9-14-1-2-14)15-10-17(25(27,28)29)23(30)31-12-15/h10,12-14,16,19,21-22H,1-9,11H2,(H2,30,31)/t16-,19?,21-,22?,24-/m1/s1. The van der Waals surface area contributed by atoms with Gasteiger partial charge in [0.25, 0.3) is 0 Å². The predicted octanol–water partition coefficient (Wildman–Crippen LogP) is 3.43. The summed E-state index contributed by atoms with van der Waals surface area (Å²) in [5.74, 6) is 3.02. The van der Waals surface area contributed by atoms with Crippen molar-refractivity contribution < 1.29 is 17.6 Å². The molecule has 2 unspecified atom stereocenters. The van der Waals surface area contributed by atoms with Crippen LogP contribution in [-0.2, 0) is 18.1 Å². The summed E-state index contributed by atoms with van der Waals surface area (Å²) in [6, 6.07) is 1.63. The van der Waals surface area contributed by atoms with Gasteiger partial charge in [0.1, 0.15) is 18.3 Å². The van der Waals surface area contributed by atoms with Crippen LogP contribution in [0.3, 0.4) is 0 Å². The molecule has 2 aromatic rings. The normalized spacial score (nSPS) is 34.3. The zero-order valence-electron chi connectivity index (χ0n) is 19.5. The molecule has 35 heavy (non-hydrogen) atoms. The highest BCUT2D eigenvalue weighted by Gasteiger charge is 2.93. The quantitative estimate of drug-likeness (QED) is 0.603. The largest absolute Gasteiger partial charge is 0.419 e. The lowest BCUT2D eigenvalue weighted by molar-refractivity contribution is -0.137. The summed E-state index contributed by atoms with van der Waals surface area (Å²) in [5.41, 5.74) is 5.64. The Morgan fingerprint density at radius 3 is 2.54 bits per heavy atom. The summed E-state index contributed by atoms with van der Waals surface area (Å²) < 4.78 is 55.4. The van der Waals surface area contributed by atoms with Crippen molar-refractivity contribution in [2.24, 2.45) is 23.7 Å². The van der Waals surface area contributed by atoms with Crippen LogP contribution in [0.1, 0.15) is 30.7 Å². The van der Waals surface area contributed by atoms with Gasteiger partial charge in [-0.3, -0.25) is 9.80 Å². The molecule has 5 saturated carbocycles. The van der Waals surface area contributed by atoms with E-state index in [4.69, 9.17) is 10.7 Å². The van der Waals surface area contributed by atoms with E-state index >= 15 is 0 Å². The van der Waals surface area contributed by atoms with Gasteiger partial charge in [-0.05, 0) is 43.1 Å². The zero-order valence-corrected chi connectivity index (χ0v) is 19.5. The number of rotatable bonds is 7. The molecule has 2 aromatic heterocycles. The SMILES string of the molecule is Nc1ncc(-c2cn([C@]34C5C(N6CCN(CCF)CC6)C[C@@H]3[C@H]54)c(CC3CC3)n2)cc1C(F)(F)F. The third-order valence-electron chi connectivity index (χ3n) is 9.33. The van der Waals surface area contributed by atoms with Crippen molar-refractivity contribution in [1.29, 1.82) is 0 Å². The monoisotopic (exact) mass is 490 g/mol. The van der Waals surface area contributed by atoms with Crippen LogP contribution in [0.2, 0.25) is 0 Å². The first-order valence-corrected chi connectivity index (χ1v) is 12.8. The third kappa shape index (κ3) is 3.28. The maximum atomic E-state index is 13.4. The molecule has 0 radical (unpaired) electrons. The maximum absolute atomic E-state index is 13.4. The Morgan fingerprint density at radius 2 is 1.89 bits per heavy atom. The molecule has 5 aliphatic carbocycles. The molecule has 1 saturated heterocycles. The van der Waals surface area contributed by atoms with Crippen molar-refractivity contribution in [2.75, 3.05) is 45.1 Å². The van der Waals surface area contributed by atoms with E-state index in [1.54, 1.807) is 0 Å². The van der Waals surface area contributed by atoms with E-state index in [1.165, 1.54) is 25.5 Å². The molecule has 0 amide bonds. The smallest absolute Gasteiger partial charge is 0.383 e. The average molecular weight is 491 g/mol. The van der Waals surface area contributed by atoms with Gasteiger partial charge >= 0.3 is 6.18 Å². The average Bonchev–Trinajstić information content (AvgIpc) is 3.75. The molecule has 3 heterocycles. The number of anilines is 1. The fourth-order valence-electron chi connectivity index (χ4n) is 7.39. The van der Waals surface area contributed by atoms with Gasteiger partial charge < -0.3 is 10.3 Å². The molecule has 6 aliphatic rings. The van der Waals surface area contributed by atoms with Gasteiger partial charge in [-0.25, -0.2) is 14.4 Å². The first-order valence-electron chi connectivity index (χ1n) is 12.8. The summed E-state index contributed by atoms with van der Waals surface area (Å²) in [7, 11) is 0. The lowest BCUT2D eigenvalue weighted by atomic mass is 10.1. The second-order valence-electron chi connectivity index (χ2n) is 11.1. The van der Waals surface area contributed by atoms with Gasteiger partial charge in [0.05, 0.1) is 16.8 Å². The molecule has 2 N–H and O–H groups in total. The van der Waals surface area contributed by atoms with Gasteiger partial charge in [-0.2, -0.15) is 13.2 Å². The van der Waals surface area contributed by atoms with E-state index in [2.05, 4.69) is 19.4 Å². The number of imidazole rings is 1. The van der Waals surface area contributed by atoms with Crippen molar-refractivity contribution in [3.63, 3.8) is 0 Å². The fraction of sp³-hybridized carbons (Fsp3) is 0.680. The lowest BCUT2D eigenvalue weighted by Gasteiger charge is -2.38. The number of piperazine rings is 1. The van der Waals surface area contributed by atoms with Crippen molar-refractivity contribution in [1.82, 2.24) is 24.3 Å². The topological polar surface area (TPSA) is 63.2 Å². The van der Waals surface area contributed by atoms with E-state index in [0.717, 1.165) is 44.5 Å². The number of nitrogen functional groups attached to an aromatic ring is 1. The molecular weight excluding hydrogens is 460 g/mol. The molecule has 0 aromatic carbocycles. The van der Waals surface area contributed by atoms with E-state index in [1.807, 2.05) is 6.20 Å². The van der Waals surface area contributed by atoms with Gasteiger partial charge in [0, 0.05) is 69.1 Å². The van der Waals surface area contributed by atoms with E-state index in [9.17, 15) is 17.6 Å². The molecule has 188 valence electrons. The highest BCUT2D eigenvalue weighted by Crippen LogP contribution is 2.89. The number of pyridine rings is 1. The number of hydrogen-bond donors (Lipinski definition) is 1. The van der Waals surface area contributed by atoms with Crippen LogP contribution in [0.15, 0.2) is 18.5 Å². The number of hydrogen-bond acceptors (Lipinski definition) is 5. The number of nitrogens with zero attached hydrogens (tertiary/aromatic N) is 5. The first kappa shape index (κ1) is 22.0.